The van der Waals surface area contributed by atoms with Gasteiger partial charge in [0.25, 0.3) is 0 Å². The smallest absolute Gasteiger partial charge is 0.286 e. The van der Waals surface area contributed by atoms with Crippen LogP contribution in [-0.4, -0.2) is 11.2 Å². The van der Waals surface area contributed by atoms with E-state index in [1.165, 1.54) is 18.2 Å². The van der Waals surface area contributed by atoms with E-state index in [1.54, 1.807) is 0 Å². The number of alkyl halides is 3. The van der Waals surface area contributed by atoms with Crippen molar-refractivity contribution in [3.63, 3.8) is 0 Å². The molecule has 0 saturated carbocycles. The van der Waals surface area contributed by atoms with Gasteiger partial charge in [-0.25, -0.2) is 0 Å². The first-order valence-corrected chi connectivity index (χ1v) is 4.94. The number of hydrogen-bond donors (Lipinski definition) is 0. The van der Waals surface area contributed by atoms with Gasteiger partial charge in [-0.3, -0.25) is 4.79 Å². The van der Waals surface area contributed by atoms with E-state index in [9.17, 15) is 13.6 Å². The third-order valence-electron chi connectivity index (χ3n) is 1.43. The van der Waals surface area contributed by atoms with Crippen molar-refractivity contribution in [1.82, 2.24) is 0 Å². The van der Waals surface area contributed by atoms with Gasteiger partial charge in [-0.2, -0.15) is 8.78 Å². The number of benzene rings is 1. The van der Waals surface area contributed by atoms with Gasteiger partial charge in [0.1, 0.15) is 0 Å². The van der Waals surface area contributed by atoms with Gasteiger partial charge in [0.15, 0.2) is 0 Å². The van der Waals surface area contributed by atoms with Crippen LogP contribution in [0.25, 0.3) is 0 Å². The summed E-state index contributed by atoms with van der Waals surface area (Å²) >= 11 is 13.2. The van der Waals surface area contributed by atoms with Gasteiger partial charge >= 0.3 is 5.38 Å². The highest BCUT2D eigenvalue weighted by Crippen LogP contribution is 2.29. The minimum atomic E-state index is -3.92. The molecule has 0 amide bonds. The largest absolute Gasteiger partial charge is 0.384 e. The zero-order valence-corrected chi connectivity index (χ0v) is 9.63. The Balaban J connectivity index is 3.15. The summed E-state index contributed by atoms with van der Waals surface area (Å²) in [5, 5.41) is -3.98. The molecule has 1 aromatic carbocycles. The lowest BCUT2D eigenvalue weighted by Gasteiger charge is -2.07. The Morgan fingerprint density at radius 3 is 2.43 bits per heavy atom. The van der Waals surface area contributed by atoms with Crippen LogP contribution < -0.4 is 0 Å². The fourth-order valence-corrected chi connectivity index (χ4v) is 1.69. The van der Waals surface area contributed by atoms with E-state index >= 15 is 0 Å². The zero-order valence-electron chi connectivity index (χ0n) is 6.53. The van der Waals surface area contributed by atoms with Gasteiger partial charge in [-0.1, -0.05) is 27.5 Å². The Labute approximate surface area is 97.1 Å². The summed E-state index contributed by atoms with van der Waals surface area (Å²) in [4.78, 5) is 11.0. The molecule has 1 nitrogen and oxygen atoms in total. The fraction of sp³-hybridized carbons (Fsp3) is 0.125. The van der Waals surface area contributed by atoms with Crippen molar-refractivity contribution in [2.24, 2.45) is 0 Å². The molecule has 6 heteroatoms. The molecule has 0 atom stereocenters. The van der Waals surface area contributed by atoms with E-state index in [0.717, 1.165) is 0 Å². The van der Waals surface area contributed by atoms with Crippen molar-refractivity contribution in [2.45, 2.75) is 5.38 Å². The molecule has 0 aromatic heterocycles. The van der Waals surface area contributed by atoms with E-state index in [1.807, 2.05) is 0 Å². The summed E-state index contributed by atoms with van der Waals surface area (Å²) in [6.45, 7) is 0. The highest BCUT2D eigenvalue weighted by atomic mass is 79.9. The third kappa shape index (κ3) is 2.65. The van der Waals surface area contributed by atoms with Gasteiger partial charge in [0, 0.05) is 10.0 Å². The van der Waals surface area contributed by atoms with E-state index < -0.39 is 11.2 Å². The van der Waals surface area contributed by atoms with Crippen LogP contribution in [0.3, 0.4) is 0 Å². The quantitative estimate of drug-likeness (QED) is 0.593. The normalized spacial score (nSPS) is 11.5. The first-order chi connectivity index (χ1) is 6.32. The lowest BCUT2D eigenvalue weighted by molar-refractivity contribution is 0.0536. The first-order valence-electron chi connectivity index (χ1n) is 3.39. The lowest BCUT2D eigenvalue weighted by Crippen LogP contribution is -2.21. The van der Waals surface area contributed by atoms with Crippen LogP contribution in [-0.2, 0) is 0 Å². The van der Waals surface area contributed by atoms with Crippen molar-refractivity contribution in [1.29, 1.82) is 0 Å². The second-order valence-corrected chi connectivity index (χ2v) is 4.25. The average molecular weight is 304 g/mol. The van der Waals surface area contributed by atoms with E-state index in [-0.39, 0.29) is 10.6 Å². The second-order valence-electron chi connectivity index (χ2n) is 2.45. The number of carbonyl (C=O) groups is 1. The summed E-state index contributed by atoms with van der Waals surface area (Å²) in [5.41, 5.74) is -0.296. The van der Waals surface area contributed by atoms with Crippen LogP contribution in [0.2, 0.25) is 5.02 Å². The van der Waals surface area contributed by atoms with E-state index in [0.29, 0.717) is 4.47 Å². The van der Waals surface area contributed by atoms with Crippen molar-refractivity contribution >= 4 is 44.9 Å². The zero-order chi connectivity index (χ0) is 10.9. The molecule has 0 unspecified atom stereocenters. The Morgan fingerprint density at radius 1 is 1.43 bits per heavy atom. The molecular weight excluding hydrogens is 301 g/mol. The summed E-state index contributed by atoms with van der Waals surface area (Å²) in [7, 11) is 0. The SMILES string of the molecule is O=C(c1ccc(Br)cc1Cl)C(F)(F)Cl. The molecular formula is C8H3BrCl2F2O. The van der Waals surface area contributed by atoms with Crippen molar-refractivity contribution in [2.75, 3.05) is 0 Å². The summed E-state index contributed by atoms with van der Waals surface area (Å²) in [6, 6.07) is 3.96. The Hall–Kier alpha value is -0.190. The van der Waals surface area contributed by atoms with Crippen LogP contribution >= 0.6 is 39.1 Å². The van der Waals surface area contributed by atoms with Gasteiger partial charge in [-0.05, 0) is 29.8 Å². The standard InChI is InChI=1S/C8H3BrCl2F2O/c9-4-1-2-5(6(10)3-4)7(14)8(11,12)13/h1-3H. The minimum Gasteiger partial charge on any atom is -0.286 e. The van der Waals surface area contributed by atoms with E-state index in [4.69, 9.17) is 11.6 Å². The van der Waals surface area contributed by atoms with Gasteiger partial charge in [0.05, 0.1) is 5.02 Å². The molecule has 0 aliphatic carbocycles. The predicted octanol–water partition coefficient (Wildman–Crippen LogP) is 4.12. The molecule has 0 aliphatic heterocycles. The maximum absolute atomic E-state index is 12.4. The average Bonchev–Trinajstić information content (AvgIpc) is 2.01. The monoisotopic (exact) mass is 302 g/mol. The molecule has 0 spiro atoms. The number of Topliss-reactive ketones (excluding diaryl/α,β-unsaturated/α-hetero) is 1. The predicted molar refractivity (Wildman–Crippen MR) is 54.3 cm³/mol. The number of halogens is 5. The maximum Gasteiger partial charge on any atom is 0.384 e. The van der Waals surface area contributed by atoms with Gasteiger partial charge in [0.2, 0.25) is 5.78 Å². The number of carbonyl (C=O) groups excluding carboxylic acids is 1. The van der Waals surface area contributed by atoms with Crippen LogP contribution in [0.15, 0.2) is 22.7 Å². The van der Waals surface area contributed by atoms with Crippen molar-refractivity contribution in [3.8, 4) is 0 Å². The Bertz CT molecular complexity index is 376. The molecule has 0 N–H and O–H groups in total. The number of hydrogen-bond acceptors (Lipinski definition) is 1. The highest BCUT2D eigenvalue weighted by molar-refractivity contribution is 9.10. The minimum absolute atomic E-state index is 0.0651. The molecule has 1 rings (SSSR count). The summed E-state index contributed by atoms with van der Waals surface area (Å²) in [6.07, 6.45) is 0. The Kier molecular flexibility index (Phi) is 3.50. The van der Waals surface area contributed by atoms with Gasteiger partial charge in [-0.15, -0.1) is 0 Å². The van der Waals surface area contributed by atoms with Gasteiger partial charge < -0.3 is 0 Å². The maximum atomic E-state index is 12.4. The number of ketones is 1. The van der Waals surface area contributed by atoms with Crippen LogP contribution in [0, 0.1) is 0 Å². The summed E-state index contributed by atoms with van der Waals surface area (Å²) in [5.74, 6) is -1.50. The topological polar surface area (TPSA) is 17.1 Å². The van der Waals surface area contributed by atoms with E-state index in [2.05, 4.69) is 27.5 Å². The molecule has 76 valence electrons. The van der Waals surface area contributed by atoms with Crippen molar-refractivity contribution in [3.05, 3.63) is 33.3 Å². The third-order valence-corrected chi connectivity index (χ3v) is 2.41. The molecule has 0 radical (unpaired) electrons. The molecule has 0 bridgehead atoms. The second kappa shape index (κ2) is 4.13. The molecule has 0 aliphatic rings. The summed E-state index contributed by atoms with van der Waals surface area (Å²) < 4.78 is 25.4. The van der Waals surface area contributed by atoms with Crippen LogP contribution in [0.1, 0.15) is 10.4 Å². The fourth-order valence-electron chi connectivity index (χ4n) is 0.826. The first kappa shape index (κ1) is 11.9. The van der Waals surface area contributed by atoms with Crippen molar-refractivity contribution < 1.29 is 13.6 Å². The lowest BCUT2D eigenvalue weighted by atomic mass is 10.1. The molecule has 0 heterocycles. The molecule has 1 aromatic rings. The molecule has 0 saturated heterocycles. The van der Waals surface area contributed by atoms with Crippen LogP contribution in [0.5, 0.6) is 0 Å². The molecule has 14 heavy (non-hydrogen) atoms. The number of rotatable bonds is 2. The Morgan fingerprint density at radius 2 is 2.00 bits per heavy atom. The highest BCUT2D eigenvalue weighted by Gasteiger charge is 2.37. The molecule has 0 fully saturated rings. The van der Waals surface area contributed by atoms with Crippen LogP contribution in [0.4, 0.5) is 8.78 Å².